The molecule has 0 spiro atoms. The molecule has 1 aromatic heterocycles. The maximum atomic E-state index is 12.4. The lowest BCUT2D eigenvalue weighted by molar-refractivity contribution is 0.110. The summed E-state index contributed by atoms with van der Waals surface area (Å²) in [6.45, 7) is 0. The molecule has 0 saturated heterocycles. The van der Waals surface area contributed by atoms with E-state index in [1.54, 1.807) is 6.07 Å². The van der Waals surface area contributed by atoms with Gasteiger partial charge in [-0.2, -0.15) is 5.26 Å². The van der Waals surface area contributed by atoms with Crippen molar-refractivity contribution in [1.82, 2.24) is 4.98 Å². The molecule has 0 saturated carbocycles. The van der Waals surface area contributed by atoms with E-state index in [-0.39, 0.29) is 23.3 Å². The second kappa shape index (κ2) is 4.46. The monoisotopic (exact) mass is 212 g/mol. The van der Waals surface area contributed by atoms with Crippen LogP contribution in [0.4, 0.5) is 8.78 Å². The first-order valence-corrected chi connectivity index (χ1v) is 3.86. The van der Waals surface area contributed by atoms with Gasteiger partial charge in [-0.05, 0) is 0 Å². The van der Waals surface area contributed by atoms with Crippen LogP contribution >= 0.6 is 0 Å². The van der Waals surface area contributed by atoms with Gasteiger partial charge in [0.15, 0.2) is 6.29 Å². The zero-order chi connectivity index (χ0) is 11.4. The van der Waals surface area contributed by atoms with Gasteiger partial charge in [0.05, 0.1) is 7.11 Å². The predicted molar refractivity (Wildman–Crippen MR) is 45.8 cm³/mol. The Balaban J connectivity index is 3.50. The first-order chi connectivity index (χ1) is 7.15. The number of hydrogen-bond donors (Lipinski definition) is 0. The average Bonchev–Trinajstić information content (AvgIpc) is 2.26. The fraction of sp³-hybridized carbons (Fsp3) is 0.222. The number of alkyl halides is 2. The molecule has 0 radical (unpaired) electrons. The van der Waals surface area contributed by atoms with Crippen molar-refractivity contribution in [2.75, 3.05) is 7.11 Å². The standard InChI is InChI=1S/C9H6F2N2O2/c1-15-9-5(2-12)7(4-14)6(3-13-9)8(10)11/h3-4,8H,1H3. The average molecular weight is 212 g/mol. The molecular weight excluding hydrogens is 206 g/mol. The Morgan fingerprint density at radius 2 is 2.33 bits per heavy atom. The van der Waals surface area contributed by atoms with Gasteiger partial charge in [0, 0.05) is 17.3 Å². The van der Waals surface area contributed by atoms with Crippen molar-refractivity contribution in [2.45, 2.75) is 6.43 Å². The normalized spacial score (nSPS) is 9.80. The van der Waals surface area contributed by atoms with Gasteiger partial charge in [0.2, 0.25) is 5.88 Å². The van der Waals surface area contributed by atoms with Crippen molar-refractivity contribution in [3.63, 3.8) is 0 Å². The smallest absolute Gasteiger partial charge is 0.266 e. The lowest BCUT2D eigenvalue weighted by atomic mass is 10.1. The Bertz CT molecular complexity index is 427. The molecule has 0 aliphatic rings. The van der Waals surface area contributed by atoms with Crippen LogP contribution in [0, 0.1) is 11.3 Å². The van der Waals surface area contributed by atoms with E-state index in [4.69, 9.17) is 5.26 Å². The molecule has 6 heteroatoms. The largest absolute Gasteiger partial charge is 0.480 e. The summed E-state index contributed by atoms with van der Waals surface area (Å²) in [6.07, 6.45) is -1.83. The third kappa shape index (κ3) is 1.91. The number of aldehydes is 1. The molecule has 1 heterocycles. The minimum atomic E-state index is -2.85. The Morgan fingerprint density at radius 3 is 2.73 bits per heavy atom. The highest BCUT2D eigenvalue weighted by Gasteiger charge is 2.20. The maximum Gasteiger partial charge on any atom is 0.266 e. The molecular formula is C9H6F2N2O2. The number of nitrogens with zero attached hydrogens (tertiary/aromatic N) is 2. The molecule has 0 aliphatic carbocycles. The third-order valence-corrected chi connectivity index (χ3v) is 1.77. The van der Waals surface area contributed by atoms with Crippen molar-refractivity contribution in [1.29, 1.82) is 5.26 Å². The van der Waals surface area contributed by atoms with Crippen LogP contribution in [-0.2, 0) is 0 Å². The molecule has 0 aromatic carbocycles. The van der Waals surface area contributed by atoms with Crippen molar-refractivity contribution >= 4 is 6.29 Å². The van der Waals surface area contributed by atoms with Gasteiger partial charge in [-0.3, -0.25) is 4.79 Å². The molecule has 1 aromatic rings. The Morgan fingerprint density at radius 1 is 1.67 bits per heavy atom. The highest BCUT2D eigenvalue weighted by Crippen LogP contribution is 2.27. The second-order valence-electron chi connectivity index (χ2n) is 2.54. The van der Waals surface area contributed by atoms with E-state index in [9.17, 15) is 13.6 Å². The molecule has 4 nitrogen and oxygen atoms in total. The predicted octanol–water partition coefficient (Wildman–Crippen LogP) is 1.71. The molecule has 78 valence electrons. The fourth-order valence-corrected chi connectivity index (χ4v) is 1.09. The minimum Gasteiger partial charge on any atom is -0.480 e. The van der Waals surface area contributed by atoms with Gasteiger partial charge in [-0.1, -0.05) is 0 Å². The highest BCUT2D eigenvalue weighted by atomic mass is 19.3. The number of ether oxygens (including phenoxy) is 1. The molecule has 0 unspecified atom stereocenters. The second-order valence-corrected chi connectivity index (χ2v) is 2.54. The lowest BCUT2D eigenvalue weighted by Crippen LogP contribution is -2.02. The number of methoxy groups -OCH3 is 1. The van der Waals surface area contributed by atoms with Crippen LogP contribution in [0.2, 0.25) is 0 Å². The Labute approximate surface area is 84.1 Å². The van der Waals surface area contributed by atoms with E-state index in [1.165, 1.54) is 7.11 Å². The van der Waals surface area contributed by atoms with Crippen LogP contribution in [0.25, 0.3) is 0 Å². The van der Waals surface area contributed by atoms with Crippen LogP contribution in [-0.4, -0.2) is 18.4 Å². The van der Waals surface area contributed by atoms with Crippen LogP contribution in [0.5, 0.6) is 5.88 Å². The summed E-state index contributed by atoms with van der Waals surface area (Å²) in [4.78, 5) is 14.1. The van der Waals surface area contributed by atoms with E-state index in [2.05, 4.69) is 9.72 Å². The number of pyridine rings is 1. The summed E-state index contributed by atoms with van der Waals surface area (Å²) in [5, 5.41) is 8.69. The van der Waals surface area contributed by atoms with Gasteiger partial charge in [0.1, 0.15) is 11.6 Å². The molecule has 15 heavy (non-hydrogen) atoms. The lowest BCUT2D eigenvalue weighted by Gasteiger charge is -2.07. The van der Waals surface area contributed by atoms with Gasteiger partial charge in [-0.15, -0.1) is 0 Å². The number of halogens is 2. The first-order valence-electron chi connectivity index (χ1n) is 3.86. The number of carbonyl (C=O) groups excluding carboxylic acids is 1. The number of rotatable bonds is 3. The van der Waals surface area contributed by atoms with Gasteiger partial charge < -0.3 is 4.74 Å². The summed E-state index contributed by atoms with van der Waals surface area (Å²) in [5.41, 5.74) is -1.22. The van der Waals surface area contributed by atoms with Gasteiger partial charge >= 0.3 is 0 Å². The van der Waals surface area contributed by atoms with Gasteiger partial charge in [0.25, 0.3) is 6.43 Å². The van der Waals surface area contributed by atoms with Crippen LogP contribution < -0.4 is 4.74 Å². The van der Waals surface area contributed by atoms with E-state index in [0.29, 0.717) is 0 Å². The number of hydrogen-bond acceptors (Lipinski definition) is 4. The SMILES string of the molecule is COc1ncc(C(F)F)c(C=O)c1C#N. The molecule has 1 rings (SSSR count). The quantitative estimate of drug-likeness (QED) is 0.715. The molecule has 0 amide bonds. The molecule has 0 bridgehead atoms. The topological polar surface area (TPSA) is 63.0 Å². The summed E-state index contributed by atoms with van der Waals surface area (Å²) < 4.78 is 29.5. The zero-order valence-electron chi connectivity index (χ0n) is 7.70. The van der Waals surface area contributed by atoms with E-state index < -0.39 is 12.0 Å². The number of carbonyl (C=O) groups is 1. The summed E-state index contributed by atoms with van der Waals surface area (Å²) >= 11 is 0. The Kier molecular flexibility index (Phi) is 3.29. The molecule has 0 fully saturated rings. The highest BCUT2D eigenvalue weighted by molar-refractivity contribution is 5.82. The molecule has 0 aliphatic heterocycles. The van der Waals surface area contributed by atoms with Crippen molar-refractivity contribution < 1.29 is 18.3 Å². The Hall–Kier alpha value is -2.03. The number of nitriles is 1. The summed E-state index contributed by atoms with van der Waals surface area (Å²) in [7, 11) is 1.24. The molecule has 0 atom stereocenters. The van der Waals surface area contributed by atoms with Crippen LogP contribution in [0.1, 0.15) is 27.9 Å². The van der Waals surface area contributed by atoms with Crippen LogP contribution in [0.3, 0.4) is 0 Å². The minimum absolute atomic E-state index is 0.135. The maximum absolute atomic E-state index is 12.4. The van der Waals surface area contributed by atoms with E-state index in [0.717, 1.165) is 6.20 Å². The van der Waals surface area contributed by atoms with Gasteiger partial charge in [-0.25, -0.2) is 13.8 Å². The van der Waals surface area contributed by atoms with Crippen molar-refractivity contribution in [3.8, 4) is 11.9 Å². The fourth-order valence-electron chi connectivity index (χ4n) is 1.09. The van der Waals surface area contributed by atoms with E-state index in [1.807, 2.05) is 0 Å². The van der Waals surface area contributed by atoms with Crippen LogP contribution in [0.15, 0.2) is 6.20 Å². The summed E-state index contributed by atoms with van der Waals surface area (Å²) in [5.74, 6) is -0.135. The zero-order valence-corrected chi connectivity index (χ0v) is 7.70. The van der Waals surface area contributed by atoms with Crippen molar-refractivity contribution in [2.24, 2.45) is 0 Å². The first kappa shape index (κ1) is 11.0. The number of aromatic nitrogens is 1. The third-order valence-electron chi connectivity index (χ3n) is 1.77. The summed E-state index contributed by atoms with van der Waals surface area (Å²) in [6, 6.07) is 1.61. The molecule has 0 N–H and O–H groups in total. The van der Waals surface area contributed by atoms with Crippen molar-refractivity contribution in [3.05, 3.63) is 22.9 Å². The van der Waals surface area contributed by atoms with E-state index >= 15 is 0 Å².